The fourth-order valence-corrected chi connectivity index (χ4v) is 2.35. The lowest BCUT2D eigenvalue weighted by molar-refractivity contribution is -0.137. The van der Waals surface area contributed by atoms with Crippen LogP contribution >= 0.6 is 50.7 Å². The van der Waals surface area contributed by atoms with Crippen molar-refractivity contribution in [3.8, 4) is 0 Å². The summed E-state index contributed by atoms with van der Waals surface area (Å²) in [6.07, 6.45) is -4.45. The first-order valence-electron chi connectivity index (χ1n) is 5.34. The van der Waals surface area contributed by atoms with Crippen LogP contribution in [0.1, 0.15) is 5.56 Å². The van der Waals surface area contributed by atoms with Crippen LogP contribution in [-0.4, -0.2) is 4.98 Å². The zero-order valence-corrected chi connectivity index (χ0v) is 13.8. The van der Waals surface area contributed by atoms with E-state index >= 15 is 0 Å². The molecule has 9 heteroatoms. The second-order valence-electron chi connectivity index (χ2n) is 3.91. The maximum Gasteiger partial charge on any atom is 0.416 e. The number of nitrogens with zero attached hydrogens (tertiary/aromatic N) is 1. The van der Waals surface area contributed by atoms with Crippen molar-refractivity contribution in [2.45, 2.75) is 6.18 Å². The van der Waals surface area contributed by atoms with Gasteiger partial charge >= 0.3 is 6.18 Å². The molecule has 0 aliphatic rings. The van der Waals surface area contributed by atoms with Crippen LogP contribution in [0.5, 0.6) is 0 Å². The predicted molar refractivity (Wildman–Crippen MR) is 81.7 cm³/mol. The third-order valence-electron chi connectivity index (χ3n) is 2.43. The molecule has 21 heavy (non-hydrogen) atoms. The van der Waals surface area contributed by atoms with E-state index in [4.69, 9.17) is 34.8 Å². The zero-order valence-electron chi connectivity index (χ0n) is 9.90. The van der Waals surface area contributed by atoms with Crippen LogP contribution in [0.15, 0.2) is 28.7 Å². The van der Waals surface area contributed by atoms with Gasteiger partial charge in [0, 0.05) is 4.47 Å². The summed E-state index contributed by atoms with van der Waals surface area (Å²) < 4.78 is 38.6. The Hall–Kier alpha value is -0.690. The van der Waals surface area contributed by atoms with Crippen molar-refractivity contribution in [1.82, 2.24) is 4.98 Å². The Labute approximate surface area is 141 Å². The summed E-state index contributed by atoms with van der Waals surface area (Å²) in [5.41, 5.74) is -0.651. The van der Waals surface area contributed by atoms with E-state index in [2.05, 4.69) is 26.2 Å². The maximum atomic E-state index is 12.7. The van der Waals surface area contributed by atoms with Gasteiger partial charge in [0.15, 0.2) is 5.82 Å². The summed E-state index contributed by atoms with van der Waals surface area (Å²) in [6, 6.07) is 4.52. The molecule has 0 radical (unpaired) electrons. The zero-order chi connectivity index (χ0) is 15.8. The van der Waals surface area contributed by atoms with Crippen LogP contribution in [0.25, 0.3) is 0 Å². The second-order valence-corrected chi connectivity index (χ2v) is 5.94. The molecule has 0 unspecified atom stereocenters. The third kappa shape index (κ3) is 3.94. The highest BCUT2D eigenvalue weighted by molar-refractivity contribution is 9.10. The molecule has 1 N–H and O–H groups in total. The average molecular weight is 420 g/mol. The van der Waals surface area contributed by atoms with Crippen molar-refractivity contribution in [1.29, 1.82) is 0 Å². The maximum absolute atomic E-state index is 12.7. The molecule has 2 nitrogen and oxygen atoms in total. The minimum atomic E-state index is -4.45. The Morgan fingerprint density at radius 2 is 1.71 bits per heavy atom. The molecule has 2 rings (SSSR count). The highest BCUT2D eigenvalue weighted by atomic mass is 79.9. The molecular weight excluding hydrogens is 415 g/mol. The van der Waals surface area contributed by atoms with Crippen molar-refractivity contribution in [2.75, 3.05) is 5.32 Å². The number of halogens is 7. The first-order valence-corrected chi connectivity index (χ1v) is 7.26. The van der Waals surface area contributed by atoms with Gasteiger partial charge in [0.05, 0.1) is 21.3 Å². The summed E-state index contributed by atoms with van der Waals surface area (Å²) in [5, 5.41) is 2.96. The van der Waals surface area contributed by atoms with Gasteiger partial charge in [0.2, 0.25) is 0 Å². The lowest BCUT2D eigenvalue weighted by atomic mass is 10.2. The van der Waals surface area contributed by atoms with Gasteiger partial charge in [-0.05, 0) is 40.2 Å². The molecule has 112 valence electrons. The van der Waals surface area contributed by atoms with Crippen molar-refractivity contribution in [3.63, 3.8) is 0 Å². The molecular formula is C12H5BrCl3F3N2. The number of nitrogens with one attached hydrogen (secondary N) is 1. The standard InChI is InChI=1S/C12H5BrCl3F3N2/c13-6-2-1-5(12(17,18)19)3-9(6)20-11-8(15)4-7(14)10(16)21-11/h1-4H,(H,20,21). The highest BCUT2D eigenvalue weighted by Crippen LogP contribution is 2.37. The van der Waals surface area contributed by atoms with Crippen LogP contribution < -0.4 is 5.32 Å². The van der Waals surface area contributed by atoms with Crippen LogP contribution in [0.4, 0.5) is 24.7 Å². The number of rotatable bonds is 2. The second kappa shape index (κ2) is 6.20. The summed E-state index contributed by atoms with van der Waals surface area (Å²) in [6.45, 7) is 0. The smallest absolute Gasteiger partial charge is 0.338 e. The van der Waals surface area contributed by atoms with Crippen LogP contribution in [0, 0.1) is 0 Å². The van der Waals surface area contributed by atoms with E-state index in [-0.39, 0.29) is 26.7 Å². The van der Waals surface area contributed by atoms with Gasteiger partial charge in [-0.15, -0.1) is 0 Å². The molecule has 1 aromatic heterocycles. The van der Waals surface area contributed by atoms with E-state index in [0.717, 1.165) is 12.1 Å². The van der Waals surface area contributed by atoms with E-state index in [1.165, 1.54) is 12.1 Å². The fraction of sp³-hybridized carbons (Fsp3) is 0.0833. The van der Waals surface area contributed by atoms with Gasteiger partial charge in [-0.25, -0.2) is 4.98 Å². The normalized spacial score (nSPS) is 11.6. The molecule has 0 atom stereocenters. The molecule has 0 bridgehead atoms. The number of pyridine rings is 1. The van der Waals surface area contributed by atoms with E-state index in [1.807, 2.05) is 0 Å². The molecule has 0 spiro atoms. The number of anilines is 2. The Balaban J connectivity index is 2.42. The topological polar surface area (TPSA) is 24.9 Å². The number of hydrogen-bond donors (Lipinski definition) is 1. The van der Waals surface area contributed by atoms with Gasteiger partial charge in [0.25, 0.3) is 0 Å². The minimum absolute atomic E-state index is 0.00772. The van der Waals surface area contributed by atoms with Crippen LogP contribution in [-0.2, 0) is 6.18 Å². The molecule has 0 aliphatic heterocycles. The first-order chi connectivity index (χ1) is 9.68. The lowest BCUT2D eigenvalue weighted by Crippen LogP contribution is -2.06. The van der Waals surface area contributed by atoms with Crippen molar-refractivity contribution in [3.05, 3.63) is 49.5 Å². The fourth-order valence-electron chi connectivity index (χ4n) is 1.46. The van der Waals surface area contributed by atoms with Crippen molar-refractivity contribution in [2.24, 2.45) is 0 Å². The van der Waals surface area contributed by atoms with E-state index < -0.39 is 11.7 Å². The van der Waals surface area contributed by atoms with Gasteiger partial charge < -0.3 is 5.32 Å². The molecule has 2 aromatic rings. The molecule has 1 aromatic carbocycles. The highest BCUT2D eigenvalue weighted by Gasteiger charge is 2.31. The molecule has 0 saturated heterocycles. The summed E-state index contributed by atoms with van der Waals surface area (Å²) in [7, 11) is 0. The monoisotopic (exact) mass is 418 g/mol. The van der Waals surface area contributed by atoms with E-state index in [0.29, 0.717) is 4.47 Å². The Bertz CT molecular complexity index is 692. The SMILES string of the molecule is FC(F)(F)c1ccc(Br)c(Nc2nc(Cl)c(Cl)cc2Cl)c1. The largest absolute Gasteiger partial charge is 0.416 e. The van der Waals surface area contributed by atoms with Crippen LogP contribution in [0.3, 0.4) is 0 Å². The van der Waals surface area contributed by atoms with Gasteiger partial charge in [0.1, 0.15) is 5.15 Å². The number of benzene rings is 1. The Morgan fingerprint density at radius 3 is 2.33 bits per heavy atom. The average Bonchev–Trinajstić information content (AvgIpc) is 2.37. The number of hydrogen-bond acceptors (Lipinski definition) is 2. The number of alkyl halides is 3. The summed E-state index contributed by atoms with van der Waals surface area (Å²) in [4.78, 5) is 3.89. The third-order valence-corrected chi connectivity index (χ3v) is 4.09. The van der Waals surface area contributed by atoms with E-state index in [1.54, 1.807) is 0 Å². The van der Waals surface area contributed by atoms with Crippen molar-refractivity contribution < 1.29 is 13.2 Å². The van der Waals surface area contributed by atoms with E-state index in [9.17, 15) is 13.2 Å². The Kier molecular flexibility index (Phi) is 4.92. The van der Waals surface area contributed by atoms with Gasteiger partial charge in [-0.1, -0.05) is 34.8 Å². The lowest BCUT2D eigenvalue weighted by Gasteiger charge is -2.13. The molecule has 0 aliphatic carbocycles. The number of aromatic nitrogens is 1. The van der Waals surface area contributed by atoms with Gasteiger partial charge in [-0.3, -0.25) is 0 Å². The molecule has 1 heterocycles. The Morgan fingerprint density at radius 1 is 1.05 bits per heavy atom. The quantitative estimate of drug-likeness (QED) is 0.556. The summed E-state index contributed by atoms with van der Waals surface area (Å²) in [5.74, 6) is 0.103. The van der Waals surface area contributed by atoms with Gasteiger partial charge in [-0.2, -0.15) is 13.2 Å². The molecule has 0 fully saturated rings. The predicted octanol–water partition coefficient (Wildman–Crippen LogP) is 6.57. The summed E-state index contributed by atoms with van der Waals surface area (Å²) >= 11 is 20.6. The van der Waals surface area contributed by atoms with Crippen molar-refractivity contribution >= 4 is 62.2 Å². The molecule has 0 saturated carbocycles. The minimum Gasteiger partial charge on any atom is -0.338 e. The molecule has 0 amide bonds. The first kappa shape index (κ1) is 16.7. The van der Waals surface area contributed by atoms with Crippen LogP contribution in [0.2, 0.25) is 15.2 Å².